The van der Waals surface area contributed by atoms with Gasteiger partial charge in [-0.05, 0) is 17.7 Å². The van der Waals surface area contributed by atoms with Crippen molar-refractivity contribution in [1.29, 1.82) is 0 Å². The van der Waals surface area contributed by atoms with E-state index in [9.17, 15) is 10.1 Å². The van der Waals surface area contributed by atoms with Crippen molar-refractivity contribution in [2.24, 2.45) is 0 Å². The molecule has 19 heavy (non-hydrogen) atoms. The minimum Gasteiger partial charge on any atom is -0.471 e. The van der Waals surface area contributed by atoms with Gasteiger partial charge >= 0.3 is 0 Å². The van der Waals surface area contributed by atoms with E-state index in [0.717, 1.165) is 11.3 Å². The van der Waals surface area contributed by atoms with E-state index < -0.39 is 0 Å². The average molecular weight is 259 g/mol. The van der Waals surface area contributed by atoms with Crippen molar-refractivity contribution in [3.63, 3.8) is 0 Å². The Bertz CT molecular complexity index is 529. The van der Waals surface area contributed by atoms with Crippen molar-refractivity contribution in [3.05, 3.63) is 64.1 Å². The van der Waals surface area contributed by atoms with E-state index in [4.69, 9.17) is 4.74 Å². The van der Waals surface area contributed by atoms with Crippen LogP contribution in [0.25, 0.3) is 0 Å². The normalized spacial score (nSPS) is 10.1. The molecule has 0 fully saturated rings. The molecule has 0 bridgehead atoms. The second-order valence-electron chi connectivity index (χ2n) is 3.92. The minimum absolute atomic E-state index is 0.0779. The molecule has 0 saturated carbocycles. The fraction of sp³-hybridized carbons (Fsp3) is 0.231. The molecule has 0 N–H and O–H groups in total. The quantitative estimate of drug-likeness (QED) is 0.584. The van der Waals surface area contributed by atoms with Gasteiger partial charge < -0.3 is 4.74 Å². The summed E-state index contributed by atoms with van der Waals surface area (Å²) < 4.78 is 5.45. The average Bonchev–Trinajstić information content (AvgIpc) is 2.45. The predicted octanol–water partition coefficient (Wildman–Crippen LogP) is 1.87. The predicted molar refractivity (Wildman–Crippen MR) is 68.4 cm³/mol. The maximum absolute atomic E-state index is 10.3. The third kappa shape index (κ3) is 4.34. The number of rotatable bonds is 6. The molecule has 6 nitrogen and oxygen atoms in total. The van der Waals surface area contributed by atoms with Crippen LogP contribution in [0.15, 0.2) is 42.7 Å². The van der Waals surface area contributed by atoms with E-state index in [1.807, 2.05) is 18.2 Å². The molecule has 6 heteroatoms. The first-order valence-electron chi connectivity index (χ1n) is 5.83. The molecular formula is C13H13N3O3. The van der Waals surface area contributed by atoms with Gasteiger partial charge in [0, 0.05) is 29.8 Å². The highest BCUT2D eigenvalue weighted by molar-refractivity contribution is 5.15. The van der Waals surface area contributed by atoms with Gasteiger partial charge in [-0.25, -0.2) is 4.98 Å². The second-order valence-corrected chi connectivity index (χ2v) is 3.92. The molecule has 0 unspecified atom stereocenters. The van der Waals surface area contributed by atoms with Crippen molar-refractivity contribution >= 4 is 0 Å². The molecule has 2 rings (SSSR count). The number of hydrogen-bond acceptors (Lipinski definition) is 5. The molecule has 0 aliphatic rings. The van der Waals surface area contributed by atoms with Crippen molar-refractivity contribution < 1.29 is 9.66 Å². The lowest BCUT2D eigenvalue weighted by molar-refractivity contribution is -0.479. The van der Waals surface area contributed by atoms with Gasteiger partial charge in [-0.1, -0.05) is 12.1 Å². The van der Waals surface area contributed by atoms with Crippen LogP contribution in [-0.4, -0.2) is 21.4 Å². The lowest BCUT2D eigenvalue weighted by Gasteiger charge is -2.04. The van der Waals surface area contributed by atoms with Gasteiger partial charge in [0.2, 0.25) is 12.4 Å². The number of pyridine rings is 2. The Morgan fingerprint density at radius 3 is 2.74 bits per heavy atom. The first-order chi connectivity index (χ1) is 9.24. The number of hydrogen-bond donors (Lipinski definition) is 0. The summed E-state index contributed by atoms with van der Waals surface area (Å²) in [5, 5.41) is 10.3. The van der Waals surface area contributed by atoms with E-state index in [2.05, 4.69) is 9.97 Å². The molecule has 0 atom stereocenters. The van der Waals surface area contributed by atoms with Gasteiger partial charge in [-0.2, -0.15) is 0 Å². The second kappa shape index (κ2) is 6.44. The lowest BCUT2D eigenvalue weighted by Crippen LogP contribution is -2.05. The highest BCUT2D eigenvalue weighted by Crippen LogP contribution is 2.07. The molecule has 0 aliphatic carbocycles. The number of aromatic nitrogens is 2. The van der Waals surface area contributed by atoms with Crippen LogP contribution in [0.2, 0.25) is 0 Å². The van der Waals surface area contributed by atoms with Gasteiger partial charge in [-0.15, -0.1) is 0 Å². The van der Waals surface area contributed by atoms with Gasteiger partial charge in [0.25, 0.3) is 0 Å². The minimum atomic E-state index is -0.335. The van der Waals surface area contributed by atoms with E-state index in [0.29, 0.717) is 18.9 Å². The van der Waals surface area contributed by atoms with Crippen LogP contribution in [0.4, 0.5) is 0 Å². The number of nitrogens with zero attached hydrogens (tertiary/aromatic N) is 3. The molecular weight excluding hydrogens is 246 g/mol. The summed E-state index contributed by atoms with van der Waals surface area (Å²) in [5.74, 6) is 0.543. The molecule has 0 saturated heterocycles. The van der Waals surface area contributed by atoms with Crippen LogP contribution >= 0.6 is 0 Å². The summed E-state index contributed by atoms with van der Waals surface area (Å²) in [6, 6.07) is 9.06. The molecule has 2 heterocycles. The maximum Gasteiger partial charge on any atom is 0.213 e. The summed E-state index contributed by atoms with van der Waals surface area (Å²) in [6.07, 6.45) is 3.69. The van der Waals surface area contributed by atoms with Crippen LogP contribution in [0, 0.1) is 10.1 Å². The molecule has 98 valence electrons. The summed E-state index contributed by atoms with van der Waals surface area (Å²) >= 11 is 0. The smallest absolute Gasteiger partial charge is 0.213 e. The zero-order chi connectivity index (χ0) is 13.5. The number of nitro groups is 1. The summed E-state index contributed by atoms with van der Waals surface area (Å²) in [4.78, 5) is 18.2. The van der Waals surface area contributed by atoms with E-state index in [1.165, 1.54) is 0 Å². The Morgan fingerprint density at radius 2 is 2.11 bits per heavy atom. The third-order valence-corrected chi connectivity index (χ3v) is 2.47. The fourth-order valence-electron chi connectivity index (χ4n) is 1.49. The molecule has 2 aromatic rings. The van der Waals surface area contributed by atoms with Crippen molar-refractivity contribution in [2.45, 2.75) is 13.0 Å². The fourth-order valence-corrected chi connectivity index (χ4v) is 1.49. The molecule has 0 aromatic carbocycles. The summed E-state index contributed by atoms with van der Waals surface area (Å²) in [6.45, 7) is 0.248. The lowest BCUT2D eigenvalue weighted by atomic mass is 10.2. The van der Waals surface area contributed by atoms with Gasteiger partial charge in [-0.3, -0.25) is 15.1 Å². The third-order valence-electron chi connectivity index (χ3n) is 2.47. The molecule has 0 radical (unpaired) electrons. The van der Waals surface area contributed by atoms with Crippen LogP contribution in [0.3, 0.4) is 0 Å². The van der Waals surface area contributed by atoms with Crippen molar-refractivity contribution in [3.8, 4) is 5.88 Å². The standard InChI is InChI=1S/C13H13N3O3/c17-16(18)8-6-11-4-5-12(15-9-11)10-19-13-3-1-2-7-14-13/h1-5,7,9H,6,8,10H2. The summed E-state index contributed by atoms with van der Waals surface area (Å²) in [7, 11) is 0. The highest BCUT2D eigenvalue weighted by Gasteiger charge is 2.02. The zero-order valence-corrected chi connectivity index (χ0v) is 10.2. The van der Waals surface area contributed by atoms with Crippen LogP contribution in [0.5, 0.6) is 5.88 Å². The zero-order valence-electron chi connectivity index (χ0n) is 10.2. The van der Waals surface area contributed by atoms with E-state index in [-0.39, 0.29) is 11.5 Å². The summed E-state index contributed by atoms with van der Waals surface area (Å²) in [5.41, 5.74) is 1.61. The first kappa shape index (κ1) is 12.9. The van der Waals surface area contributed by atoms with Gasteiger partial charge in [0.1, 0.15) is 6.61 Å². The highest BCUT2D eigenvalue weighted by atomic mass is 16.6. The maximum atomic E-state index is 10.3. The monoisotopic (exact) mass is 259 g/mol. The molecule has 0 amide bonds. The Balaban J connectivity index is 1.86. The number of ether oxygens (including phenoxy) is 1. The van der Waals surface area contributed by atoms with E-state index in [1.54, 1.807) is 24.5 Å². The largest absolute Gasteiger partial charge is 0.471 e. The van der Waals surface area contributed by atoms with Crippen LogP contribution < -0.4 is 4.74 Å². The molecule has 2 aromatic heterocycles. The van der Waals surface area contributed by atoms with Crippen LogP contribution in [0.1, 0.15) is 11.3 Å². The SMILES string of the molecule is O=[N+]([O-])CCc1ccc(COc2ccccn2)nc1. The molecule has 0 spiro atoms. The Morgan fingerprint density at radius 1 is 1.21 bits per heavy atom. The topological polar surface area (TPSA) is 78.2 Å². The van der Waals surface area contributed by atoms with Gasteiger partial charge in [0.05, 0.1) is 5.69 Å². The Kier molecular flexibility index (Phi) is 4.39. The van der Waals surface area contributed by atoms with Crippen LogP contribution in [-0.2, 0) is 13.0 Å². The van der Waals surface area contributed by atoms with Crippen molar-refractivity contribution in [2.75, 3.05) is 6.54 Å². The molecule has 0 aliphatic heterocycles. The van der Waals surface area contributed by atoms with E-state index >= 15 is 0 Å². The Labute approximate surface area is 110 Å². The Hall–Kier alpha value is -2.50. The first-order valence-corrected chi connectivity index (χ1v) is 5.83. The van der Waals surface area contributed by atoms with Gasteiger partial charge in [0.15, 0.2) is 0 Å². The van der Waals surface area contributed by atoms with Crippen molar-refractivity contribution in [1.82, 2.24) is 9.97 Å².